The van der Waals surface area contributed by atoms with E-state index in [9.17, 15) is 9.59 Å². The highest BCUT2D eigenvalue weighted by atomic mass is 16.6. The van der Waals surface area contributed by atoms with Crippen molar-refractivity contribution in [3.63, 3.8) is 0 Å². The number of carbonyl (C=O) groups excluding carboxylic acids is 2. The number of morpholine rings is 1. The molecule has 4 rings (SSSR count). The second-order valence-corrected chi connectivity index (χ2v) is 11.4. The third-order valence-electron chi connectivity index (χ3n) is 7.08. The number of esters is 1. The van der Waals surface area contributed by atoms with E-state index in [4.69, 9.17) is 34.6 Å². The van der Waals surface area contributed by atoms with E-state index in [0.29, 0.717) is 61.8 Å². The van der Waals surface area contributed by atoms with E-state index in [2.05, 4.69) is 10.0 Å². The summed E-state index contributed by atoms with van der Waals surface area (Å²) in [7, 11) is 0. The summed E-state index contributed by atoms with van der Waals surface area (Å²) in [5.41, 5.74) is 8.78. The van der Waals surface area contributed by atoms with Crippen molar-refractivity contribution in [3.8, 4) is 5.75 Å². The lowest BCUT2D eigenvalue weighted by atomic mass is 9.81. The minimum atomic E-state index is -1.51. The SMILES string of the molecule is CC(C)(C)OC(=O)CC[C@@]1(C(=O)N2CCOCC2)N=C(c2ccc(OCCCO)cc2)O[C@@H]1c1ccccc1CN=[N+]=[N-]. The normalized spacial score (nSPS) is 20.0. The zero-order valence-corrected chi connectivity index (χ0v) is 24.9. The number of hydrogen-bond donors (Lipinski definition) is 1. The molecule has 0 aliphatic carbocycles. The van der Waals surface area contributed by atoms with E-state index in [1.807, 2.05) is 24.3 Å². The van der Waals surface area contributed by atoms with Crippen molar-refractivity contribution in [1.29, 1.82) is 0 Å². The van der Waals surface area contributed by atoms with Gasteiger partial charge in [-0.05, 0) is 68.1 Å². The summed E-state index contributed by atoms with van der Waals surface area (Å²) in [6, 6.07) is 14.4. The number of hydrogen-bond acceptors (Lipinski definition) is 9. The molecule has 2 aromatic carbocycles. The average Bonchev–Trinajstić information content (AvgIpc) is 3.39. The maximum absolute atomic E-state index is 14.5. The number of aliphatic hydroxyl groups excluding tert-OH is 1. The number of rotatable bonds is 12. The van der Waals surface area contributed by atoms with Gasteiger partial charge in [0, 0.05) is 43.0 Å². The number of nitrogens with zero attached hydrogens (tertiary/aromatic N) is 5. The van der Waals surface area contributed by atoms with Gasteiger partial charge in [0.1, 0.15) is 11.4 Å². The third kappa shape index (κ3) is 8.04. The number of amides is 1. The fourth-order valence-corrected chi connectivity index (χ4v) is 5.10. The summed E-state index contributed by atoms with van der Waals surface area (Å²) in [6.07, 6.45) is -0.436. The van der Waals surface area contributed by atoms with Gasteiger partial charge in [-0.1, -0.05) is 29.4 Å². The highest BCUT2D eigenvalue weighted by Crippen LogP contribution is 2.45. The molecular weight excluding hydrogens is 554 g/mol. The molecular formula is C31H39N5O7. The predicted octanol–water partition coefficient (Wildman–Crippen LogP) is 4.50. The summed E-state index contributed by atoms with van der Waals surface area (Å²) < 4.78 is 23.3. The van der Waals surface area contributed by atoms with Gasteiger partial charge in [0.15, 0.2) is 11.6 Å². The number of aliphatic imine (C=N–C) groups is 1. The van der Waals surface area contributed by atoms with Crippen LogP contribution in [0.25, 0.3) is 10.4 Å². The molecule has 0 radical (unpaired) electrons. The number of carbonyl (C=O) groups is 2. The molecule has 43 heavy (non-hydrogen) atoms. The van der Waals surface area contributed by atoms with Crippen LogP contribution in [-0.4, -0.2) is 78.4 Å². The Morgan fingerprint density at radius 1 is 1.16 bits per heavy atom. The van der Waals surface area contributed by atoms with Crippen LogP contribution in [0, 0.1) is 0 Å². The molecule has 0 bridgehead atoms. The van der Waals surface area contributed by atoms with Crippen molar-refractivity contribution in [2.24, 2.45) is 10.1 Å². The Labute approximate surface area is 251 Å². The molecule has 0 saturated carbocycles. The lowest BCUT2D eigenvalue weighted by Crippen LogP contribution is -2.53. The lowest BCUT2D eigenvalue weighted by molar-refractivity contribution is -0.156. The maximum Gasteiger partial charge on any atom is 0.306 e. The molecule has 230 valence electrons. The number of ether oxygens (including phenoxy) is 4. The quantitative estimate of drug-likeness (QED) is 0.125. The van der Waals surface area contributed by atoms with Crippen LogP contribution in [0.2, 0.25) is 0 Å². The molecule has 1 amide bonds. The van der Waals surface area contributed by atoms with Crippen LogP contribution in [0.3, 0.4) is 0 Å². The van der Waals surface area contributed by atoms with Gasteiger partial charge in [0.05, 0.1) is 26.4 Å². The Bertz CT molecular complexity index is 1350. The molecule has 2 heterocycles. The van der Waals surface area contributed by atoms with Crippen molar-refractivity contribution in [2.45, 2.75) is 63.8 Å². The van der Waals surface area contributed by atoms with Gasteiger partial charge in [0.2, 0.25) is 5.90 Å². The molecule has 2 atom stereocenters. The first-order valence-electron chi connectivity index (χ1n) is 14.4. The van der Waals surface area contributed by atoms with Gasteiger partial charge in [-0.3, -0.25) is 9.59 Å². The van der Waals surface area contributed by atoms with E-state index < -0.39 is 23.2 Å². The van der Waals surface area contributed by atoms with Gasteiger partial charge < -0.3 is 29.0 Å². The van der Waals surface area contributed by atoms with Crippen molar-refractivity contribution in [1.82, 2.24) is 4.90 Å². The molecule has 0 spiro atoms. The van der Waals surface area contributed by atoms with Crippen LogP contribution < -0.4 is 4.74 Å². The van der Waals surface area contributed by atoms with Gasteiger partial charge in [-0.2, -0.15) is 0 Å². The number of benzene rings is 2. The van der Waals surface area contributed by atoms with Crippen molar-refractivity contribution < 1.29 is 33.6 Å². The molecule has 12 heteroatoms. The minimum Gasteiger partial charge on any atom is -0.494 e. The maximum atomic E-state index is 14.5. The first-order chi connectivity index (χ1) is 20.7. The summed E-state index contributed by atoms with van der Waals surface area (Å²) in [4.78, 5) is 37.1. The first kappa shape index (κ1) is 31.8. The van der Waals surface area contributed by atoms with E-state index in [0.717, 1.165) is 0 Å². The Hall–Kier alpha value is -4.12. The zero-order valence-electron chi connectivity index (χ0n) is 24.9. The molecule has 1 fully saturated rings. The van der Waals surface area contributed by atoms with Crippen molar-refractivity contribution in [3.05, 3.63) is 75.7 Å². The molecule has 2 aromatic rings. The minimum absolute atomic E-state index is 0.0322. The van der Waals surface area contributed by atoms with Crippen LogP contribution in [0.4, 0.5) is 0 Å². The van der Waals surface area contributed by atoms with Crippen LogP contribution in [-0.2, 0) is 30.3 Å². The molecule has 2 aliphatic rings. The Balaban J connectivity index is 1.79. The van der Waals surface area contributed by atoms with Crippen LogP contribution in [0.5, 0.6) is 5.75 Å². The lowest BCUT2D eigenvalue weighted by Gasteiger charge is -2.37. The van der Waals surface area contributed by atoms with Gasteiger partial charge in [0.25, 0.3) is 5.91 Å². The van der Waals surface area contributed by atoms with E-state index in [1.54, 1.807) is 49.9 Å². The van der Waals surface area contributed by atoms with E-state index in [-0.39, 0.29) is 37.8 Å². The Morgan fingerprint density at radius 2 is 1.88 bits per heavy atom. The molecule has 1 N–H and O–H groups in total. The molecule has 12 nitrogen and oxygen atoms in total. The van der Waals surface area contributed by atoms with Gasteiger partial charge in [-0.15, -0.1) is 0 Å². The summed E-state index contributed by atoms with van der Waals surface area (Å²) >= 11 is 0. The summed E-state index contributed by atoms with van der Waals surface area (Å²) in [6.45, 7) is 7.38. The standard InChI is InChI=1S/C31H39N5O7/c1-30(2,3)43-26(38)13-14-31(29(39)36-15-19-40-20-16-36)27(25-8-5-4-7-23(25)21-33-35-32)42-28(34-31)22-9-11-24(12-10-22)41-18-6-17-37/h4-5,7-12,27,37H,6,13-21H2,1-3H3/t27-,31-/m1/s1. The second-order valence-electron chi connectivity index (χ2n) is 11.4. The van der Waals surface area contributed by atoms with Gasteiger partial charge in [-0.25, -0.2) is 4.99 Å². The smallest absolute Gasteiger partial charge is 0.306 e. The van der Waals surface area contributed by atoms with Crippen LogP contribution in [0.15, 0.2) is 58.6 Å². The molecule has 0 unspecified atom stereocenters. The highest BCUT2D eigenvalue weighted by Gasteiger charge is 2.55. The average molecular weight is 594 g/mol. The molecule has 2 aliphatic heterocycles. The van der Waals surface area contributed by atoms with Crippen molar-refractivity contribution >= 4 is 17.8 Å². The second kappa shape index (κ2) is 14.4. The Kier molecular flexibility index (Phi) is 10.6. The fourth-order valence-electron chi connectivity index (χ4n) is 5.10. The molecule has 1 saturated heterocycles. The predicted molar refractivity (Wildman–Crippen MR) is 159 cm³/mol. The fraction of sp³-hybridized carbons (Fsp3) is 0.516. The van der Waals surface area contributed by atoms with Gasteiger partial charge >= 0.3 is 5.97 Å². The number of aliphatic hydroxyl groups is 1. The summed E-state index contributed by atoms with van der Waals surface area (Å²) in [5.74, 6) is 0.140. The zero-order chi connectivity index (χ0) is 30.9. The number of azide groups is 1. The summed E-state index contributed by atoms with van der Waals surface area (Å²) in [5, 5.41) is 12.8. The van der Waals surface area contributed by atoms with Crippen LogP contribution >= 0.6 is 0 Å². The monoisotopic (exact) mass is 593 g/mol. The van der Waals surface area contributed by atoms with E-state index in [1.165, 1.54) is 0 Å². The highest BCUT2D eigenvalue weighted by molar-refractivity contribution is 6.01. The topological polar surface area (TPSA) is 156 Å². The van der Waals surface area contributed by atoms with Crippen LogP contribution in [0.1, 0.15) is 62.8 Å². The Morgan fingerprint density at radius 3 is 2.56 bits per heavy atom. The first-order valence-corrected chi connectivity index (χ1v) is 14.4. The van der Waals surface area contributed by atoms with E-state index >= 15 is 0 Å². The third-order valence-corrected chi connectivity index (χ3v) is 7.08. The molecule has 0 aromatic heterocycles. The van der Waals surface area contributed by atoms with Crippen molar-refractivity contribution in [2.75, 3.05) is 39.5 Å². The largest absolute Gasteiger partial charge is 0.494 e.